The molecule has 0 aliphatic rings. The van der Waals surface area contributed by atoms with E-state index in [1.807, 2.05) is 0 Å². The van der Waals surface area contributed by atoms with Crippen LogP contribution < -0.4 is 0 Å². The lowest BCUT2D eigenvalue weighted by atomic mass is 10.0. The summed E-state index contributed by atoms with van der Waals surface area (Å²) in [6, 6.07) is 3.77. The summed E-state index contributed by atoms with van der Waals surface area (Å²) in [5, 5.41) is 0. The Bertz CT molecular complexity index is 1270. The van der Waals surface area contributed by atoms with E-state index >= 15 is 0 Å². The van der Waals surface area contributed by atoms with Crippen LogP contribution in [0.3, 0.4) is 0 Å². The van der Waals surface area contributed by atoms with Crippen molar-refractivity contribution in [3.05, 3.63) is 53.6 Å². The number of carbonyl (C=O) groups excluding carboxylic acids is 2. The van der Waals surface area contributed by atoms with Gasteiger partial charge in [-0.2, -0.15) is 8.42 Å². The molecule has 7 nitrogen and oxygen atoms in total. The maximum Gasteiger partial charge on any atom is 0.340 e. The molecule has 0 saturated heterocycles. The van der Waals surface area contributed by atoms with Gasteiger partial charge >= 0.3 is 11.9 Å². The van der Waals surface area contributed by atoms with Gasteiger partial charge in [-0.15, -0.1) is 0 Å². The molecule has 0 amide bonds. The van der Waals surface area contributed by atoms with Crippen LogP contribution >= 0.6 is 0 Å². The number of allylic oxidation sites excluding steroid dienone is 4. The highest BCUT2D eigenvalue weighted by molar-refractivity contribution is 7.86. The Kier molecular flexibility index (Phi) is 33.9. The van der Waals surface area contributed by atoms with Gasteiger partial charge in [-0.1, -0.05) is 198 Å². The first-order valence-electron chi connectivity index (χ1n) is 23.1. The second-order valence-corrected chi connectivity index (χ2v) is 17.1. The molecule has 322 valence electrons. The fourth-order valence-corrected chi connectivity index (χ4v) is 7.73. The van der Waals surface area contributed by atoms with E-state index in [0.717, 1.165) is 44.6 Å². The lowest BCUT2D eigenvalue weighted by Gasteiger charge is -2.13. The topological polar surface area (TPSA) is 107 Å². The number of carbonyl (C=O) groups is 2. The van der Waals surface area contributed by atoms with Crippen LogP contribution in [0.1, 0.15) is 240 Å². The SMILES string of the molecule is CCC/C=C/CCCCCCCCCCCCCCCOC(=O)c1cccc(S(=O)(=O)O)c1C(=O)OCCCCCCCCCCCCCCC/C=C/CCC. The molecular weight excluding hydrogens is 721 g/mol. The van der Waals surface area contributed by atoms with Gasteiger partial charge in [0.15, 0.2) is 0 Å². The number of unbranched alkanes of at least 4 members (excludes halogenated alkanes) is 28. The molecule has 0 aromatic heterocycles. The van der Waals surface area contributed by atoms with Crippen molar-refractivity contribution in [2.75, 3.05) is 13.2 Å². The average Bonchev–Trinajstić information content (AvgIpc) is 3.18. The molecule has 1 aromatic rings. The molecule has 0 unspecified atom stereocenters. The van der Waals surface area contributed by atoms with Gasteiger partial charge in [0, 0.05) is 0 Å². The average molecular weight is 803 g/mol. The quantitative estimate of drug-likeness (QED) is 0.0306. The van der Waals surface area contributed by atoms with Gasteiger partial charge in [-0.3, -0.25) is 4.55 Å². The largest absolute Gasteiger partial charge is 0.462 e. The number of esters is 2. The van der Waals surface area contributed by atoms with Crippen molar-refractivity contribution in [1.29, 1.82) is 0 Å². The van der Waals surface area contributed by atoms with Crippen LogP contribution in [0.2, 0.25) is 0 Å². The summed E-state index contributed by atoms with van der Waals surface area (Å²) in [6.07, 6.45) is 47.7. The third-order valence-corrected chi connectivity index (χ3v) is 11.4. The summed E-state index contributed by atoms with van der Waals surface area (Å²) in [5.41, 5.74) is -0.672. The van der Waals surface area contributed by atoms with E-state index in [1.165, 1.54) is 166 Å². The third kappa shape index (κ3) is 28.9. The molecule has 0 atom stereocenters. The molecule has 0 aliphatic carbocycles. The Hall–Kier alpha value is -2.45. The number of hydrogen-bond acceptors (Lipinski definition) is 6. The predicted octanol–water partition coefficient (Wildman–Crippen LogP) is 14.9. The van der Waals surface area contributed by atoms with Gasteiger partial charge < -0.3 is 9.47 Å². The van der Waals surface area contributed by atoms with Crippen LogP contribution in [0.5, 0.6) is 0 Å². The number of rotatable bonds is 39. The van der Waals surface area contributed by atoms with Gasteiger partial charge in [0.1, 0.15) is 4.90 Å². The maximum atomic E-state index is 13.1. The zero-order valence-corrected chi connectivity index (χ0v) is 36.7. The molecule has 0 bridgehead atoms. The van der Waals surface area contributed by atoms with E-state index in [-0.39, 0.29) is 18.8 Å². The first-order chi connectivity index (χ1) is 27.3. The van der Waals surface area contributed by atoms with Gasteiger partial charge in [0.25, 0.3) is 10.1 Å². The molecule has 0 heterocycles. The van der Waals surface area contributed by atoms with Crippen LogP contribution in [0.4, 0.5) is 0 Å². The lowest BCUT2D eigenvalue weighted by molar-refractivity contribution is 0.0446. The van der Waals surface area contributed by atoms with Crippen LogP contribution in [-0.2, 0) is 19.6 Å². The van der Waals surface area contributed by atoms with E-state index in [9.17, 15) is 22.6 Å². The number of hydrogen-bond donors (Lipinski definition) is 1. The van der Waals surface area contributed by atoms with Crippen LogP contribution in [-0.4, -0.2) is 38.1 Å². The molecule has 1 N–H and O–H groups in total. The minimum Gasteiger partial charge on any atom is -0.462 e. The minimum absolute atomic E-state index is 0.111. The maximum absolute atomic E-state index is 13.1. The van der Waals surface area contributed by atoms with E-state index in [1.54, 1.807) is 0 Å². The standard InChI is InChI=1S/C48H82O7S/c1-3-5-7-9-11-13-15-17-19-21-23-25-27-29-31-33-35-37-42-54-47(49)44-40-39-41-45(56(51,52)53)46(44)48(50)55-43-38-36-34-32-30-28-26-24-22-20-18-16-14-12-10-8-6-4-2/h7-10,39-41H,3-6,11-38,42-43H2,1-2H3,(H,51,52,53)/b9-7+,10-8+. The Morgan fingerprint density at radius 3 is 1.16 bits per heavy atom. The molecule has 0 radical (unpaired) electrons. The zero-order chi connectivity index (χ0) is 40.8. The summed E-state index contributed by atoms with van der Waals surface area (Å²) >= 11 is 0. The molecule has 8 heteroatoms. The van der Waals surface area contributed by atoms with Gasteiger partial charge in [-0.25, -0.2) is 9.59 Å². The normalized spacial score (nSPS) is 11.9. The van der Waals surface area contributed by atoms with E-state index in [4.69, 9.17) is 9.47 Å². The summed E-state index contributed by atoms with van der Waals surface area (Å²) in [4.78, 5) is 25.4. The van der Waals surface area contributed by atoms with Crippen molar-refractivity contribution in [3.63, 3.8) is 0 Å². The Morgan fingerprint density at radius 2 is 0.804 bits per heavy atom. The molecule has 0 aliphatic heterocycles. The smallest absolute Gasteiger partial charge is 0.340 e. The monoisotopic (exact) mass is 803 g/mol. The van der Waals surface area contributed by atoms with Crippen molar-refractivity contribution < 1.29 is 32.0 Å². The van der Waals surface area contributed by atoms with Crippen molar-refractivity contribution in [1.82, 2.24) is 0 Å². The minimum atomic E-state index is -4.77. The summed E-state index contributed by atoms with van der Waals surface area (Å²) in [5.74, 6) is -1.74. The highest BCUT2D eigenvalue weighted by Gasteiger charge is 2.28. The van der Waals surface area contributed by atoms with Crippen molar-refractivity contribution in [2.45, 2.75) is 224 Å². The fourth-order valence-electron chi connectivity index (χ4n) is 7.03. The lowest BCUT2D eigenvalue weighted by Crippen LogP contribution is -2.19. The molecule has 56 heavy (non-hydrogen) atoms. The molecule has 0 fully saturated rings. The van der Waals surface area contributed by atoms with Crippen LogP contribution in [0.15, 0.2) is 47.4 Å². The van der Waals surface area contributed by atoms with Crippen LogP contribution in [0, 0.1) is 0 Å². The van der Waals surface area contributed by atoms with Crippen LogP contribution in [0.25, 0.3) is 0 Å². The summed E-state index contributed by atoms with van der Waals surface area (Å²) in [6.45, 7) is 4.72. The highest BCUT2D eigenvalue weighted by atomic mass is 32.2. The predicted molar refractivity (Wildman–Crippen MR) is 234 cm³/mol. The Morgan fingerprint density at radius 1 is 0.482 bits per heavy atom. The molecule has 0 spiro atoms. The third-order valence-electron chi connectivity index (χ3n) is 10.5. The van der Waals surface area contributed by atoms with Crippen molar-refractivity contribution >= 4 is 22.1 Å². The van der Waals surface area contributed by atoms with Gasteiger partial charge in [0.2, 0.25) is 0 Å². The highest BCUT2D eigenvalue weighted by Crippen LogP contribution is 2.23. The first-order valence-corrected chi connectivity index (χ1v) is 24.5. The first kappa shape index (κ1) is 51.6. The summed E-state index contributed by atoms with van der Waals surface area (Å²) < 4.78 is 44.9. The zero-order valence-electron chi connectivity index (χ0n) is 35.9. The van der Waals surface area contributed by atoms with E-state index in [0.29, 0.717) is 12.8 Å². The van der Waals surface area contributed by atoms with E-state index < -0.39 is 32.5 Å². The fraction of sp³-hybridized carbons (Fsp3) is 0.750. The molecule has 0 saturated carbocycles. The Labute approximate surface area is 344 Å². The van der Waals surface area contributed by atoms with Gasteiger partial charge in [0.05, 0.1) is 24.3 Å². The van der Waals surface area contributed by atoms with E-state index in [2.05, 4.69) is 38.2 Å². The van der Waals surface area contributed by atoms with Crippen molar-refractivity contribution in [2.24, 2.45) is 0 Å². The van der Waals surface area contributed by atoms with Crippen molar-refractivity contribution in [3.8, 4) is 0 Å². The molecule has 1 aromatic carbocycles. The second-order valence-electron chi connectivity index (χ2n) is 15.7. The molecule has 1 rings (SSSR count). The number of benzene rings is 1. The summed E-state index contributed by atoms with van der Waals surface area (Å²) in [7, 11) is -4.77. The molecular formula is C48H82O7S. The number of ether oxygens (including phenoxy) is 2. The van der Waals surface area contributed by atoms with Gasteiger partial charge in [-0.05, 0) is 63.5 Å². The Balaban J connectivity index is 2.19. The second kappa shape index (κ2) is 36.9.